The highest BCUT2D eigenvalue weighted by atomic mass is 16.7. The first-order valence-electron chi connectivity index (χ1n) is 12.0. The molecule has 3 atom stereocenters. The lowest BCUT2D eigenvalue weighted by atomic mass is 9.81. The summed E-state index contributed by atoms with van der Waals surface area (Å²) in [6.07, 6.45) is 3.38. The molecule has 8 heteroatoms. The topological polar surface area (TPSA) is 93.3 Å². The van der Waals surface area contributed by atoms with Crippen LogP contribution in [0.25, 0.3) is 0 Å². The first-order chi connectivity index (χ1) is 16.5. The van der Waals surface area contributed by atoms with Gasteiger partial charge >= 0.3 is 0 Å². The number of hydrogen-bond acceptors (Lipinski definition) is 7. The average Bonchev–Trinajstić information content (AvgIpc) is 3.55. The van der Waals surface area contributed by atoms with Crippen LogP contribution in [-0.4, -0.2) is 66.5 Å². The van der Waals surface area contributed by atoms with Gasteiger partial charge in [-0.25, -0.2) is 0 Å². The Morgan fingerprint density at radius 1 is 1.24 bits per heavy atom. The van der Waals surface area contributed by atoms with Gasteiger partial charge in [-0.2, -0.15) is 0 Å². The number of piperidine rings is 3. The number of nitrogens with zero attached hydrogens (tertiary/aromatic N) is 1. The van der Waals surface area contributed by atoms with E-state index in [9.17, 15) is 10.2 Å². The third-order valence-corrected chi connectivity index (χ3v) is 7.47. The summed E-state index contributed by atoms with van der Waals surface area (Å²) in [5.74, 6) is 8.46. The van der Waals surface area contributed by atoms with Crippen molar-refractivity contribution >= 4 is 0 Å². The molecule has 34 heavy (non-hydrogen) atoms. The number of quaternary nitrogens is 1. The maximum absolute atomic E-state index is 11.1. The molecule has 2 aromatic rings. The number of benzene rings is 1. The second-order valence-electron chi connectivity index (χ2n) is 9.54. The number of ether oxygens (including phenoxy) is 3. The normalized spacial score (nSPS) is 27.5. The summed E-state index contributed by atoms with van der Waals surface area (Å²) < 4.78 is 23.1. The smallest absolute Gasteiger partial charge is 0.231 e. The number of fused-ring (bicyclic) bond motifs is 4. The van der Waals surface area contributed by atoms with E-state index in [0.29, 0.717) is 12.5 Å². The van der Waals surface area contributed by atoms with Crippen LogP contribution in [0, 0.1) is 17.8 Å². The summed E-state index contributed by atoms with van der Waals surface area (Å²) in [6, 6.07) is 9.09. The summed E-state index contributed by atoms with van der Waals surface area (Å²) in [5.41, 5.74) is -1.78. The molecule has 0 radical (unpaired) electrons. The second-order valence-corrected chi connectivity index (χ2v) is 9.54. The van der Waals surface area contributed by atoms with Crippen molar-refractivity contribution in [1.82, 2.24) is 5.32 Å². The van der Waals surface area contributed by atoms with Crippen LogP contribution in [0.1, 0.15) is 31.9 Å². The van der Waals surface area contributed by atoms with Crippen molar-refractivity contribution in [3.8, 4) is 29.1 Å². The monoisotopic (exact) mass is 469 g/mol. The van der Waals surface area contributed by atoms with Gasteiger partial charge in [-0.3, -0.25) is 5.32 Å². The van der Waals surface area contributed by atoms with Gasteiger partial charge in [0.25, 0.3) is 0 Å². The number of furan rings is 1. The highest BCUT2D eigenvalue weighted by molar-refractivity contribution is 5.46. The number of aliphatic hydroxyl groups is 2. The summed E-state index contributed by atoms with van der Waals surface area (Å²) in [5, 5.41) is 25.4. The van der Waals surface area contributed by atoms with E-state index in [1.807, 2.05) is 18.2 Å². The van der Waals surface area contributed by atoms with Gasteiger partial charge < -0.3 is 33.3 Å². The molecule has 3 N–H and O–H groups in total. The Hall–Kier alpha value is -2.70. The third-order valence-electron chi connectivity index (χ3n) is 7.47. The van der Waals surface area contributed by atoms with Crippen molar-refractivity contribution in [1.29, 1.82) is 0 Å². The fourth-order valence-electron chi connectivity index (χ4n) is 5.62. The molecule has 5 heterocycles. The Balaban J connectivity index is 1.17. The third kappa shape index (κ3) is 4.49. The van der Waals surface area contributed by atoms with Crippen LogP contribution in [0.2, 0.25) is 0 Å². The van der Waals surface area contributed by atoms with Gasteiger partial charge in [-0.05, 0) is 37.1 Å². The van der Waals surface area contributed by atoms with Crippen LogP contribution < -0.4 is 19.5 Å². The fraction of sp³-hybridized carbons (Fsp3) is 0.538. The number of hydrogen-bond donors (Lipinski definition) is 3. The van der Waals surface area contributed by atoms with Crippen molar-refractivity contribution in [3.63, 3.8) is 0 Å². The van der Waals surface area contributed by atoms with Crippen molar-refractivity contribution in [2.75, 3.05) is 39.6 Å². The molecule has 0 spiro atoms. The van der Waals surface area contributed by atoms with E-state index < -0.39 is 11.8 Å². The van der Waals surface area contributed by atoms with Crippen molar-refractivity contribution in [2.24, 2.45) is 5.92 Å². The van der Waals surface area contributed by atoms with E-state index >= 15 is 0 Å². The molecular formula is C26H33N2O6+. The van der Waals surface area contributed by atoms with Crippen molar-refractivity contribution in [2.45, 2.75) is 44.1 Å². The van der Waals surface area contributed by atoms with Crippen LogP contribution in [0.3, 0.4) is 0 Å². The molecule has 2 unspecified atom stereocenters. The molecule has 4 aliphatic rings. The molecule has 0 amide bonds. The zero-order chi connectivity index (χ0) is 23.6. The van der Waals surface area contributed by atoms with E-state index in [4.69, 9.17) is 18.6 Å². The predicted molar refractivity (Wildman–Crippen MR) is 124 cm³/mol. The quantitative estimate of drug-likeness (QED) is 0.224. The maximum atomic E-state index is 11.1. The molecule has 1 aromatic carbocycles. The Bertz CT molecular complexity index is 1040. The van der Waals surface area contributed by atoms with E-state index in [0.717, 1.165) is 67.2 Å². The highest BCUT2D eigenvalue weighted by Crippen LogP contribution is 2.37. The Labute approximate surface area is 200 Å². The van der Waals surface area contributed by atoms with Gasteiger partial charge in [0.1, 0.15) is 5.75 Å². The minimum atomic E-state index is -1.78. The zero-order valence-electron chi connectivity index (χ0n) is 19.5. The second kappa shape index (κ2) is 9.51. The lowest BCUT2D eigenvalue weighted by Gasteiger charge is -2.53. The summed E-state index contributed by atoms with van der Waals surface area (Å²) in [7, 11) is 0. The summed E-state index contributed by atoms with van der Waals surface area (Å²) in [6.45, 7) is 6.74. The Kier molecular flexibility index (Phi) is 6.45. The summed E-state index contributed by atoms with van der Waals surface area (Å²) >= 11 is 0. The van der Waals surface area contributed by atoms with E-state index in [1.54, 1.807) is 19.1 Å². The first-order valence-corrected chi connectivity index (χ1v) is 12.0. The molecule has 8 nitrogen and oxygen atoms in total. The van der Waals surface area contributed by atoms with Crippen LogP contribution in [0.5, 0.6) is 17.2 Å². The van der Waals surface area contributed by atoms with Crippen LogP contribution in [0.4, 0.5) is 0 Å². The fourth-order valence-corrected chi connectivity index (χ4v) is 5.62. The number of aliphatic hydroxyl groups excluding tert-OH is 1. The van der Waals surface area contributed by atoms with Gasteiger partial charge in [-0.15, -0.1) is 5.92 Å². The van der Waals surface area contributed by atoms with Crippen molar-refractivity contribution in [3.05, 3.63) is 42.4 Å². The molecule has 0 aliphatic carbocycles. The lowest BCUT2D eigenvalue weighted by molar-refractivity contribution is -0.944. The standard InChI is InChI=1S/C26H33N2O6/c1-2-10-26(30,24-5-3-14-32-24)25(29)27-21-17-28(12-8-19(21)9-13-28)11-4-15-31-20-6-7-22-23(16-20)34-18-33-22/h3,5-7,14,16,19,21,25,27,29-30H,4,8-9,11-13,15,17-18H2,1H3/q+1/t19?,21-,25?,26?,28?/m0/s1. The van der Waals surface area contributed by atoms with Gasteiger partial charge in [0, 0.05) is 25.3 Å². The SMILES string of the molecule is CC#CC(O)(c1ccco1)C(O)N[C@H]1C[N+]2(CCCOc3ccc4c(c3)OCO4)CCC1CC2. The molecule has 1 aromatic heterocycles. The number of rotatable bonds is 9. The predicted octanol–water partition coefficient (Wildman–Crippen LogP) is 2.21. The molecule has 6 rings (SSSR count). The lowest BCUT2D eigenvalue weighted by Crippen LogP contribution is -2.69. The molecule has 3 saturated heterocycles. The summed E-state index contributed by atoms with van der Waals surface area (Å²) in [4.78, 5) is 0. The van der Waals surface area contributed by atoms with Gasteiger partial charge in [0.15, 0.2) is 23.5 Å². The largest absolute Gasteiger partial charge is 0.493 e. The van der Waals surface area contributed by atoms with Gasteiger partial charge in [0.2, 0.25) is 12.4 Å². The Morgan fingerprint density at radius 3 is 2.82 bits per heavy atom. The molecule has 0 saturated carbocycles. The van der Waals surface area contributed by atoms with E-state index in [2.05, 4.69) is 17.2 Å². The van der Waals surface area contributed by atoms with E-state index in [1.165, 1.54) is 6.26 Å². The van der Waals surface area contributed by atoms with Crippen LogP contribution >= 0.6 is 0 Å². The Morgan fingerprint density at radius 2 is 2.06 bits per heavy atom. The van der Waals surface area contributed by atoms with E-state index in [-0.39, 0.29) is 18.6 Å². The highest BCUT2D eigenvalue weighted by Gasteiger charge is 2.48. The first kappa shape index (κ1) is 23.1. The average molecular weight is 470 g/mol. The van der Waals surface area contributed by atoms with Crippen molar-refractivity contribution < 1.29 is 33.3 Å². The zero-order valence-corrected chi connectivity index (χ0v) is 19.5. The van der Waals surface area contributed by atoms with Crippen LogP contribution in [0.15, 0.2) is 41.0 Å². The number of nitrogens with one attached hydrogen (secondary N) is 1. The molecular weight excluding hydrogens is 436 g/mol. The minimum absolute atomic E-state index is 0.104. The van der Waals surface area contributed by atoms with Gasteiger partial charge in [-0.1, -0.05) is 5.92 Å². The maximum Gasteiger partial charge on any atom is 0.231 e. The van der Waals surface area contributed by atoms with Gasteiger partial charge in [0.05, 0.1) is 45.1 Å². The molecule has 3 fully saturated rings. The minimum Gasteiger partial charge on any atom is -0.493 e. The molecule has 4 aliphatic heterocycles. The molecule has 2 bridgehead atoms. The van der Waals surface area contributed by atoms with Crippen LogP contribution in [-0.2, 0) is 5.60 Å². The molecule has 182 valence electrons.